The molecule has 0 radical (unpaired) electrons. The molecule has 2 heterocycles. The molecule has 0 spiro atoms. The number of aromatic nitrogens is 1. The fraction of sp³-hybridized carbons (Fsp3) is 0.429. The van der Waals surface area contributed by atoms with Crippen molar-refractivity contribution < 1.29 is 37.3 Å². The summed E-state index contributed by atoms with van der Waals surface area (Å²) in [6, 6.07) is 7.35. The molecule has 0 aliphatic carbocycles. The predicted molar refractivity (Wildman–Crippen MR) is 105 cm³/mol. The summed E-state index contributed by atoms with van der Waals surface area (Å²) >= 11 is 0. The number of pyridine rings is 1. The second-order valence-electron chi connectivity index (χ2n) is 7.07. The maximum absolute atomic E-state index is 12.2. The van der Waals surface area contributed by atoms with Gasteiger partial charge in [-0.15, -0.1) is 13.2 Å². The van der Waals surface area contributed by atoms with Gasteiger partial charge in [0.2, 0.25) is 0 Å². The molecule has 10 heteroatoms. The molecule has 1 aliphatic heterocycles. The van der Waals surface area contributed by atoms with Crippen LogP contribution in [0.4, 0.5) is 18.9 Å². The van der Waals surface area contributed by atoms with Gasteiger partial charge in [0.1, 0.15) is 18.1 Å². The number of halogens is 3. The Hall–Kier alpha value is -3.01. The van der Waals surface area contributed by atoms with E-state index in [1.54, 1.807) is 12.4 Å². The van der Waals surface area contributed by atoms with Gasteiger partial charge in [0.25, 0.3) is 0 Å². The fourth-order valence-corrected chi connectivity index (χ4v) is 3.32. The smallest absolute Gasteiger partial charge is 0.487 e. The van der Waals surface area contributed by atoms with Gasteiger partial charge in [-0.1, -0.05) is 12.1 Å². The van der Waals surface area contributed by atoms with E-state index in [4.69, 9.17) is 14.6 Å². The van der Waals surface area contributed by atoms with E-state index in [9.17, 15) is 18.0 Å². The van der Waals surface area contributed by atoms with Crippen molar-refractivity contribution in [3.05, 3.63) is 48.3 Å². The summed E-state index contributed by atoms with van der Waals surface area (Å²) in [5, 5.41) is 8.85. The number of ether oxygens (including phenoxy) is 3. The maximum Gasteiger partial charge on any atom is 0.573 e. The van der Waals surface area contributed by atoms with Crippen LogP contribution in [0.5, 0.6) is 11.5 Å². The average Bonchev–Trinajstić information content (AvgIpc) is 2.72. The molecule has 1 atom stereocenters. The van der Waals surface area contributed by atoms with E-state index in [2.05, 4.69) is 14.6 Å². The normalized spacial score (nSPS) is 16.7. The van der Waals surface area contributed by atoms with Crippen molar-refractivity contribution in [2.24, 2.45) is 0 Å². The number of alkyl halides is 3. The van der Waals surface area contributed by atoms with Crippen LogP contribution in [0.2, 0.25) is 0 Å². The molecule has 7 nitrogen and oxygen atoms in total. The van der Waals surface area contributed by atoms with Crippen LogP contribution >= 0.6 is 0 Å². The van der Waals surface area contributed by atoms with Crippen LogP contribution in [0, 0.1) is 0 Å². The molecule has 0 saturated carbocycles. The van der Waals surface area contributed by atoms with Gasteiger partial charge in [0.05, 0.1) is 37.3 Å². The van der Waals surface area contributed by atoms with Crippen molar-refractivity contribution >= 4 is 11.7 Å². The van der Waals surface area contributed by atoms with Gasteiger partial charge in [0.15, 0.2) is 0 Å². The number of carboxylic acids is 1. The molecule has 1 saturated heterocycles. The Bertz CT molecular complexity index is 861. The third kappa shape index (κ3) is 7.32. The van der Waals surface area contributed by atoms with E-state index < -0.39 is 12.3 Å². The Labute approximate surface area is 177 Å². The molecule has 1 aliphatic rings. The number of morpholine rings is 1. The van der Waals surface area contributed by atoms with Crippen LogP contribution in [-0.4, -0.2) is 48.2 Å². The summed E-state index contributed by atoms with van der Waals surface area (Å²) in [6.07, 6.45) is -0.106. The lowest BCUT2D eigenvalue weighted by Gasteiger charge is -2.37. The first-order valence-electron chi connectivity index (χ1n) is 9.79. The van der Waals surface area contributed by atoms with E-state index in [0.717, 1.165) is 5.69 Å². The first-order chi connectivity index (χ1) is 14.8. The highest BCUT2D eigenvalue weighted by atomic mass is 19.4. The van der Waals surface area contributed by atoms with Crippen LogP contribution in [0.1, 0.15) is 24.8 Å². The Morgan fingerprint density at radius 3 is 2.71 bits per heavy atom. The second-order valence-corrected chi connectivity index (χ2v) is 7.07. The third-order valence-corrected chi connectivity index (χ3v) is 4.75. The lowest BCUT2D eigenvalue weighted by molar-refractivity contribution is -0.274. The molecule has 1 N–H and O–H groups in total. The zero-order valence-corrected chi connectivity index (χ0v) is 16.7. The predicted octanol–water partition coefficient (Wildman–Crippen LogP) is 4.02. The summed E-state index contributed by atoms with van der Waals surface area (Å²) in [5.74, 6) is -0.594. The SMILES string of the molecule is O=C(O)CCCC1COCCN1c1cncc(OCc2ccc(OC(F)(F)F)cc2)c1. The molecule has 168 valence electrons. The lowest BCUT2D eigenvalue weighted by atomic mass is 10.1. The molecular weight excluding hydrogens is 417 g/mol. The summed E-state index contributed by atoms with van der Waals surface area (Å²) in [5.41, 5.74) is 1.52. The molecule has 1 aromatic heterocycles. The largest absolute Gasteiger partial charge is 0.573 e. The van der Waals surface area contributed by atoms with E-state index in [1.807, 2.05) is 6.07 Å². The molecule has 0 bridgehead atoms. The summed E-state index contributed by atoms with van der Waals surface area (Å²) in [6.45, 7) is 1.88. The van der Waals surface area contributed by atoms with Gasteiger partial charge < -0.3 is 24.2 Å². The Morgan fingerprint density at radius 2 is 2.00 bits per heavy atom. The minimum absolute atomic E-state index is 0.0475. The van der Waals surface area contributed by atoms with Gasteiger partial charge in [0, 0.05) is 19.0 Å². The van der Waals surface area contributed by atoms with Crippen molar-refractivity contribution in [1.82, 2.24) is 4.98 Å². The van der Waals surface area contributed by atoms with Gasteiger partial charge >= 0.3 is 12.3 Å². The number of hydrogen-bond acceptors (Lipinski definition) is 6. The van der Waals surface area contributed by atoms with Crippen LogP contribution in [-0.2, 0) is 16.1 Å². The van der Waals surface area contributed by atoms with Crippen LogP contribution in [0.3, 0.4) is 0 Å². The molecule has 1 unspecified atom stereocenters. The topological polar surface area (TPSA) is 81.1 Å². The Balaban J connectivity index is 1.59. The second kappa shape index (κ2) is 10.3. The van der Waals surface area contributed by atoms with Crippen molar-refractivity contribution in [3.8, 4) is 11.5 Å². The van der Waals surface area contributed by atoms with Crippen molar-refractivity contribution in [3.63, 3.8) is 0 Å². The molecule has 1 aromatic carbocycles. The molecule has 1 fully saturated rings. The molecule has 3 rings (SSSR count). The minimum atomic E-state index is -4.73. The van der Waals surface area contributed by atoms with E-state index in [1.165, 1.54) is 24.3 Å². The highest BCUT2D eigenvalue weighted by molar-refractivity contribution is 5.66. The van der Waals surface area contributed by atoms with Gasteiger partial charge in [-0.25, -0.2) is 0 Å². The highest BCUT2D eigenvalue weighted by Crippen LogP contribution is 2.26. The van der Waals surface area contributed by atoms with E-state index in [0.29, 0.717) is 43.9 Å². The number of aliphatic carboxylic acids is 1. The number of benzene rings is 1. The van der Waals surface area contributed by atoms with Gasteiger partial charge in [-0.05, 0) is 30.5 Å². The first kappa shape index (κ1) is 22.7. The fourth-order valence-electron chi connectivity index (χ4n) is 3.32. The van der Waals surface area contributed by atoms with Crippen LogP contribution in [0.25, 0.3) is 0 Å². The summed E-state index contributed by atoms with van der Waals surface area (Å²) in [7, 11) is 0. The minimum Gasteiger partial charge on any atom is -0.487 e. The monoisotopic (exact) mass is 440 g/mol. The van der Waals surface area contributed by atoms with Crippen molar-refractivity contribution in [2.75, 3.05) is 24.7 Å². The van der Waals surface area contributed by atoms with Gasteiger partial charge in [-0.2, -0.15) is 0 Å². The Morgan fingerprint density at radius 1 is 1.23 bits per heavy atom. The van der Waals surface area contributed by atoms with Crippen molar-refractivity contribution in [2.45, 2.75) is 38.3 Å². The number of nitrogens with zero attached hydrogens (tertiary/aromatic N) is 2. The Kier molecular flexibility index (Phi) is 7.56. The third-order valence-electron chi connectivity index (χ3n) is 4.75. The highest BCUT2D eigenvalue weighted by Gasteiger charge is 2.31. The molecule has 31 heavy (non-hydrogen) atoms. The van der Waals surface area contributed by atoms with Crippen LogP contribution in [0.15, 0.2) is 42.7 Å². The quantitative estimate of drug-likeness (QED) is 0.631. The number of carbonyl (C=O) groups is 1. The summed E-state index contributed by atoms with van der Waals surface area (Å²) in [4.78, 5) is 17.1. The van der Waals surface area contributed by atoms with E-state index in [-0.39, 0.29) is 24.8 Å². The average molecular weight is 440 g/mol. The zero-order chi connectivity index (χ0) is 22.3. The van der Waals surface area contributed by atoms with E-state index >= 15 is 0 Å². The lowest BCUT2D eigenvalue weighted by Crippen LogP contribution is -2.45. The maximum atomic E-state index is 12.2. The molecular formula is C21H23F3N2O5. The van der Waals surface area contributed by atoms with Crippen LogP contribution < -0.4 is 14.4 Å². The molecule has 0 amide bonds. The standard InChI is InChI=1S/C21H23F3N2O5/c22-21(23,24)31-18-6-4-15(5-7-18)13-30-19-10-17(11-25-12-19)26-8-9-29-14-16(26)2-1-3-20(27)28/h4-7,10-12,16H,1-3,8-9,13-14H2,(H,27,28). The first-order valence-corrected chi connectivity index (χ1v) is 9.79. The number of hydrogen-bond donors (Lipinski definition) is 1. The number of rotatable bonds is 9. The summed E-state index contributed by atoms with van der Waals surface area (Å²) < 4.78 is 51.9. The zero-order valence-electron chi connectivity index (χ0n) is 16.7. The van der Waals surface area contributed by atoms with Gasteiger partial charge in [-0.3, -0.25) is 9.78 Å². The number of carboxylic acid groups (broad SMARTS) is 1. The molecule has 2 aromatic rings. The number of anilines is 1. The van der Waals surface area contributed by atoms with Crippen molar-refractivity contribution in [1.29, 1.82) is 0 Å².